The van der Waals surface area contributed by atoms with Crippen molar-refractivity contribution in [3.63, 3.8) is 0 Å². The number of hydrogen-bond acceptors (Lipinski definition) is 1. The summed E-state index contributed by atoms with van der Waals surface area (Å²) in [6.07, 6.45) is 0. The molecule has 0 unspecified atom stereocenters. The van der Waals surface area contributed by atoms with E-state index >= 15 is 0 Å². The first-order valence-electron chi connectivity index (χ1n) is 0. The van der Waals surface area contributed by atoms with Crippen molar-refractivity contribution in [1.82, 2.24) is 6.15 Å². The zero-order valence-electron chi connectivity index (χ0n) is 5.99. The third kappa shape index (κ3) is 9.13. The van der Waals surface area contributed by atoms with Gasteiger partial charge < -0.3 is 10.4 Å². The van der Waals surface area contributed by atoms with Crippen molar-refractivity contribution >= 4 is 40.4 Å². The maximum absolute atomic E-state index is 0. The van der Waals surface area contributed by atoms with Gasteiger partial charge in [-0.3, -0.25) is 0 Å². The minimum Gasteiger partial charge on any atom is -1.00 e. The second kappa shape index (κ2) is 21.0. The first kappa shape index (κ1) is 40.1. The minimum atomic E-state index is 0. The van der Waals surface area contributed by atoms with Crippen LogP contribution in [0.5, 0.6) is 0 Å². The van der Waals surface area contributed by atoms with Gasteiger partial charge in [0.25, 0.3) is 0 Å². The van der Waals surface area contributed by atoms with E-state index in [9.17, 15) is 0 Å². The van der Waals surface area contributed by atoms with Gasteiger partial charge in [-0.1, -0.05) is 0 Å². The number of rotatable bonds is 0. The van der Waals surface area contributed by atoms with Crippen molar-refractivity contribution < 1.29 is 23.1 Å². The molecule has 0 fully saturated rings. The second-order valence-corrected chi connectivity index (χ2v) is 0. The summed E-state index contributed by atoms with van der Waals surface area (Å²) in [5.41, 5.74) is 0. The molecule has 0 saturated heterocycles. The van der Waals surface area contributed by atoms with Crippen LogP contribution in [0.2, 0.25) is 0 Å². The molecule has 0 aliphatic rings. The Labute approximate surface area is 69.4 Å². The van der Waals surface area contributed by atoms with Gasteiger partial charge in [0.2, 0.25) is 0 Å². The maximum atomic E-state index is 0. The Balaban J connectivity index is 0. The molecule has 0 spiro atoms. The van der Waals surface area contributed by atoms with Crippen molar-refractivity contribution in [2.75, 3.05) is 0 Å². The molecule has 4 heteroatoms. The fraction of sp³-hybridized carbons (Fsp3) is 0. The Kier molecular flexibility index (Phi) is 210. The van der Waals surface area contributed by atoms with Crippen LogP contribution < -0.4 is 25.0 Å². The molecule has 0 aromatic carbocycles. The van der Waals surface area contributed by atoms with Crippen LogP contribution in [0.25, 0.3) is 0 Å². The third-order valence-corrected chi connectivity index (χ3v) is 0. The van der Waals surface area contributed by atoms with Crippen LogP contribution in [-0.2, 0) is 0 Å². The van der Waals surface area contributed by atoms with Crippen molar-refractivity contribution in [3.05, 3.63) is 0 Å². The van der Waals surface area contributed by atoms with Crippen LogP contribution in [0.1, 0.15) is 4.28 Å². The van der Waals surface area contributed by atoms with Crippen LogP contribution in [0.4, 0.5) is 0 Å². The normalized spacial score (nSPS) is 0. The van der Waals surface area contributed by atoms with Crippen LogP contribution in [0.3, 0.4) is 0 Å². The van der Waals surface area contributed by atoms with Crippen molar-refractivity contribution in [3.8, 4) is 0 Å². The summed E-state index contributed by atoms with van der Waals surface area (Å²) in [5.74, 6) is 0. The molecule has 0 atom stereocenters. The molecule has 0 saturated carbocycles. The summed E-state index contributed by atoms with van der Waals surface area (Å²) in [6, 6.07) is 0. The van der Waals surface area contributed by atoms with E-state index in [1.807, 2.05) is 0 Å². The van der Waals surface area contributed by atoms with E-state index in [4.69, 9.17) is 0 Å². The van der Waals surface area contributed by atoms with Gasteiger partial charge in [0.05, 0.1) is 0 Å². The molecule has 0 aromatic rings. The average Bonchev–Trinajstić information content (AvgIpc) is 0. The minimum absolute atomic E-state index is 0. The average molecular weight is 78.3 g/mol. The molecule has 0 bridgehead atoms. The molecule has 3 N–H and O–H groups in total. The molecular formula is H6AlLiMgN. The Morgan fingerprint density at radius 3 is 1.25 bits per heavy atom. The Hall–Kier alpha value is 1.86. The van der Waals surface area contributed by atoms with E-state index in [2.05, 4.69) is 0 Å². The summed E-state index contributed by atoms with van der Waals surface area (Å²) < 4.78 is 0. The van der Waals surface area contributed by atoms with Crippen molar-refractivity contribution in [2.45, 2.75) is 0 Å². The summed E-state index contributed by atoms with van der Waals surface area (Å²) >= 11 is 0. The van der Waals surface area contributed by atoms with Gasteiger partial charge in [0.1, 0.15) is 0 Å². The molecule has 0 aliphatic heterocycles. The zero-order chi connectivity index (χ0) is 0. The molecule has 0 aliphatic carbocycles. The molecule has 17 valence electrons. The second-order valence-electron chi connectivity index (χ2n) is 0. The standard InChI is InChI=1S/Al.Li.Mg.H3N.3H/h;;;1H3;;;/q;+1;+2;;3*-1. The topological polar surface area (TPSA) is 35.0 Å². The fourth-order valence-corrected chi connectivity index (χ4v) is 0. The summed E-state index contributed by atoms with van der Waals surface area (Å²) in [4.78, 5) is 0. The first-order chi connectivity index (χ1) is 0. The first-order valence-corrected chi connectivity index (χ1v) is 0. The van der Waals surface area contributed by atoms with Gasteiger partial charge in [0.15, 0.2) is 0 Å². The van der Waals surface area contributed by atoms with E-state index in [-0.39, 0.29) is 69.7 Å². The molecule has 1 nitrogen and oxygen atoms in total. The summed E-state index contributed by atoms with van der Waals surface area (Å²) in [7, 11) is 0. The quantitative estimate of drug-likeness (QED) is 0.303. The van der Waals surface area contributed by atoms with Gasteiger partial charge in [-0.2, -0.15) is 0 Å². The molecule has 0 heterocycles. The van der Waals surface area contributed by atoms with Gasteiger partial charge in [0, 0.05) is 17.4 Å². The van der Waals surface area contributed by atoms with Crippen molar-refractivity contribution in [1.29, 1.82) is 0 Å². The van der Waals surface area contributed by atoms with Gasteiger partial charge in [-0.05, 0) is 0 Å². The Bertz CT molecular complexity index is 14.9. The van der Waals surface area contributed by atoms with Crippen LogP contribution >= 0.6 is 0 Å². The van der Waals surface area contributed by atoms with E-state index in [0.29, 0.717) is 0 Å². The monoisotopic (exact) mass is 78.0 g/mol. The molecule has 4 heavy (non-hydrogen) atoms. The SMILES string of the molecule is N.[Al].[H-].[H-].[H-].[Li+].[Mg+2]. The third-order valence-electron chi connectivity index (χ3n) is 0. The largest absolute Gasteiger partial charge is 2.00 e. The fourth-order valence-electron chi connectivity index (χ4n) is 0. The van der Waals surface area contributed by atoms with Crippen LogP contribution in [0.15, 0.2) is 0 Å². The van der Waals surface area contributed by atoms with Gasteiger partial charge >= 0.3 is 41.9 Å². The molecule has 0 aromatic heterocycles. The van der Waals surface area contributed by atoms with E-state index in [1.54, 1.807) is 0 Å². The summed E-state index contributed by atoms with van der Waals surface area (Å²) in [6.45, 7) is 0. The van der Waals surface area contributed by atoms with Crippen molar-refractivity contribution in [2.24, 2.45) is 0 Å². The molecule has 0 rings (SSSR count). The maximum Gasteiger partial charge on any atom is 2.00 e. The predicted octanol–water partition coefficient (Wildman–Crippen LogP) is -3.26. The van der Waals surface area contributed by atoms with Crippen LogP contribution in [-0.4, -0.2) is 40.4 Å². The van der Waals surface area contributed by atoms with E-state index in [0.717, 1.165) is 0 Å². The molecule has 0 amide bonds. The zero-order valence-corrected chi connectivity index (χ0v) is 5.56. The predicted molar refractivity (Wildman–Crippen MR) is 19.9 cm³/mol. The van der Waals surface area contributed by atoms with E-state index < -0.39 is 0 Å². The Morgan fingerprint density at radius 2 is 1.25 bits per heavy atom. The Morgan fingerprint density at radius 1 is 1.25 bits per heavy atom. The smallest absolute Gasteiger partial charge is 1.00 e. The molecular weight excluding hydrogens is 72.2 g/mol. The number of hydrogen-bond donors (Lipinski definition) is 1. The van der Waals surface area contributed by atoms with Gasteiger partial charge in [-0.15, -0.1) is 0 Å². The summed E-state index contributed by atoms with van der Waals surface area (Å²) in [5, 5.41) is 0. The van der Waals surface area contributed by atoms with Gasteiger partial charge in [-0.25, -0.2) is 0 Å². The van der Waals surface area contributed by atoms with E-state index in [1.165, 1.54) is 0 Å². The van der Waals surface area contributed by atoms with Crippen LogP contribution in [0, 0.1) is 0 Å². The molecule has 3 radical (unpaired) electrons.